The molecule has 1 aromatic heterocycles. The van der Waals surface area contributed by atoms with Crippen molar-refractivity contribution in [2.24, 2.45) is 5.73 Å². The minimum absolute atomic E-state index is 0.565. The van der Waals surface area contributed by atoms with Crippen LogP contribution in [0.25, 0.3) is 22.0 Å². The van der Waals surface area contributed by atoms with Gasteiger partial charge < -0.3 is 5.73 Å². The smallest absolute Gasteiger partial charge is 0.0708 e. The van der Waals surface area contributed by atoms with Gasteiger partial charge in [-0.05, 0) is 47.9 Å². The molecule has 0 bridgehead atoms. The predicted octanol–water partition coefficient (Wildman–Crippen LogP) is 3.67. The fraction of sp³-hybridized carbons (Fsp3) is 0.118. The molecule has 2 heteroatoms. The molecule has 2 aromatic carbocycles. The van der Waals surface area contributed by atoms with Crippen LogP contribution in [0.15, 0.2) is 54.7 Å². The summed E-state index contributed by atoms with van der Waals surface area (Å²) in [6.45, 7) is 2.67. The van der Waals surface area contributed by atoms with E-state index in [1.54, 1.807) is 0 Å². The molecule has 1 heterocycles. The molecule has 0 aliphatic rings. The van der Waals surface area contributed by atoms with Gasteiger partial charge >= 0.3 is 0 Å². The van der Waals surface area contributed by atoms with Gasteiger partial charge in [-0.1, -0.05) is 29.8 Å². The molecular formula is C17H16N2. The lowest BCUT2D eigenvalue weighted by molar-refractivity contribution is 1.07. The number of nitrogens with two attached hydrogens (primary N) is 1. The van der Waals surface area contributed by atoms with Gasteiger partial charge in [0.25, 0.3) is 0 Å². The highest BCUT2D eigenvalue weighted by molar-refractivity contribution is 5.94. The molecule has 0 unspecified atom stereocenters. The van der Waals surface area contributed by atoms with Crippen molar-refractivity contribution in [2.45, 2.75) is 13.5 Å². The number of aromatic nitrogens is 1. The zero-order valence-electron chi connectivity index (χ0n) is 10.9. The van der Waals surface area contributed by atoms with Crippen molar-refractivity contribution in [1.82, 2.24) is 4.98 Å². The number of rotatable bonds is 2. The van der Waals surface area contributed by atoms with Gasteiger partial charge in [0.15, 0.2) is 0 Å². The number of fused-ring (bicyclic) bond motifs is 1. The lowest BCUT2D eigenvalue weighted by Gasteiger charge is -2.08. The van der Waals surface area contributed by atoms with Crippen LogP contribution in [0.4, 0.5) is 0 Å². The van der Waals surface area contributed by atoms with Crippen molar-refractivity contribution in [2.75, 3.05) is 0 Å². The molecule has 0 aliphatic heterocycles. The van der Waals surface area contributed by atoms with Crippen LogP contribution in [0.2, 0.25) is 0 Å². The minimum atomic E-state index is 0.565. The Balaban J connectivity index is 2.26. The first-order valence-corrected chi connectivity index (χ1v) is 6.43. The van der Waals surface area contributed by atoms with Gasteiger partial charge in [0.2, 0.25) is 0 Å². The van der Waals surface area contributed by atoms with E-state index in [0.717, 1.165) is 11.1 Å². The molecular weight excluding hydrogens is 232 g/mol. The Hall–Kier alpha value is -2.19. The monoisotopic (exact) mass is 248 g/mol. The molecule has 3 rings (SSSR count). The Morgan fingerprint density at radius 1 is 1.05 bits per heavy atom. The van der Waals surface area contributed by atoms with Crippen LogP contribution in [0.5, 0.6) is 0 Å². The Morgan fingerprint density at radius 2 is 1.95 bits per heavy atom. The highest BCUT2D eigenvalue weighted by atomic mass is 14.6. The van der Waals surface area contributed by atoms with Crippen LogP contribution in [0.1, 0.15) is 11.1 Å². The molecule has 3 aromatic rings. The number of benzene rings is 2. The van der Waals surface area contributed by atoms with Crippen molar-refractivity contribution >= 4 is 10.9 Å². The lowest BCUT2D eigenvalue weighted by atomic mass is 9.98. The summed E-state index contributed by atoms with van der Waals surface area (Å²) in [7, 11) is 0. The molecule has 2 nitrogen and oxygen atoms in total. The summed E-state index contributed by atoms with van der Waals surface area (Å²) in [5.74, 6) is 0. The summed E-state index contributed by atoms with van der Waals surface area (Å²) in [5.41, 5.74) is 11.6. The zero-order valence-corrected chi connectivity index (χ0v) is 10.9. The van der Waals surface area contributed by atoms with Crippen LogP contribution in [0, 0.1) is 6.92 Å². The second kappa shape index (κ2) is 4.82. The van der Waals surface area contributed by atoms with Crippen LogP contribution in [0.3, 0.4) is 0 Å². The van der Waals surface area contributed by atoms with E-state index in [0.29, 0.717) is 6.54 Å². The van der Waals surface area contributed by atoms with E-state index in [1.807, 2.05) is 6.20 Å². The number of hydrogen-bond donors (Lipinski definition) is 1. The molecule has 0 amide bonds. The van der Waals surface area contributed by atoms with E-state index in [2.05, 4.69) is 60.4 Å². The number of pyridine rings is 1. The van der Waals surface area contributed by atoms with E-state index < -0.39 is 0 Å². The summed E-state index contributed by atoms with van der Waals surface area (Å²) in [5, 5.41) is 1.19. The predicted molar refractivity (Wildman–Crippen MR) is 79.8 cm³/mol. The first kappa shape index (κ1) is 11.9. The standard InChI is InChI=1S/C17H16N2/c1-12-5-6-17-16(9-12)15(7-8-19-17)14-4-2-3-13(10-14)11-18/h2-10H,11,18H2,1H3. The molecule has 2 N–H and O–H groups in total. The second-order valence-electron chi connectivity index (χ2n) is 4.78. The molecule has 0 radical (unpaired) electrons. The molecule has 0 saturated carbocycles. The molecule has 0 aliphatic carbocycles. The van der Waals surface area contributed by atoms with E-state index in [9.17, 15) is 0 Å². The molecule has 0 spiro atoms. The number of aryl methyl sites for hydroxylation is 1. The first-order chi connectivity index (χ1) is 9.28. The third kappa shape index (κ3) is 2.23. The van der Waals surface area contributed by atoms with Gasteiger partial charge in [-0.25, -0.2) is 0 Å². The van der Waals surface area contributed by atoms with E-state index in [-0.39, 0.29) is 0 Å². The maximum Gasteiger partial charge on any atom is 0.0708 e. The van der Waals surface area contributed by atoms with E-state index in [4.69, 9.17) is 5.73 Å². The van der Waals surface area contributed by atoms with E-state index in [1.165, 1.54) is 22.1 Å². The van der Waals surface area contributed by atoms with Gasteiger partial charge in [0.05, 0.1) is 5.52 Å². The van der Waals surface area contributed by atoms with Crippen molar-refractivity contribution < 1.29 is 0 Å². The quantitative estimate of drug-likeness (QED) is 0.751. The van der Waals surface area contributed by atoms with Crippen LogP contribution in [-0.4, -0.2) is 4.98 Å². The van der Waals surface area contributed by atoms with Crippen molar-refractivity contribution in [3.8, 4) is 11.1 Å². The van der Waals surface area contributed by atoms with Crippen molar-refractivity contribution in [1.29, 1.82) is 0 Å². The minimum Gasteiger partial charge on any atom is -0.326 e. The summed E-state index contributed by atoms with van der Waals surface area (Å²) in [4.78, 5) is 4.43. The van der Waals surface area contributed by atoms with Crippen molar-refractivity contribution in [3.63, 3.8) is 0 Å². The Labute approximate surface area is 112 Å². The van der Waals surface area contributed by atoms with Crippen LogP contribution in [-0.2, 0) is 6.54 Å². The summed E-state index contributed by atoms with van der Waals surface area (Å²) >= 11 is 0. The summed E-state index contributed by atoms with van der Waals surface area (Å²) in [6.07, 6.45) is 1.86. The van der Waals surface area contributed by atoms with Gasteiger partial charge in [0.1, 0.15) is 0 Å². The summed E-state index contributed by atoms with van der Waals surface area (Å²) < 4.78 is 0. The van der Waals surface area contributed by atoms with Gasteiger partial charge in [0, 0.05) is 18.1 Å². The Morgan fingerprint density at radius 3 is 2.79 bits per heavy atom. The Bertz CT molecular complexity index is 732. The largest absolute Gasteiger partial charge is 0.326 e. The maximum atomic E-state index is 5.72. The molecule has 0 saturated heterocycles. The van der Waals surface area contributed by atoms with Crippen molar-refractivity contribution in [3.05, 3.63) is 65.9 Å². The number of nitrogens with zero attached hydrogens (tertiary/aromatic N) is 1. The highest BCUT2D eigenvalue weighted by Gasteiger charge is 2.05. The van der Waals surface area contributed by atoms with Gasteiger partial charge in [-0.15, -0.1) is 0 Å². The average molecular weight is 248 g/mol. The molecule has 19 heavy (non-hydrogen) atoms. The highest BCUT2D eigenvalue weighted by Crippen LogP contribution is 2.28. The number of hydrogen-bond acceptors (Lipinski definition) is 2. The fourth-order valence-electron chi connectivity index (χ4n) is 2.38. The maximum absolute atomic E-state index is 5.72. The normalized spacial score (nSPS) is 10.8. The molecule has 0 fully saturated rings. The second-order valence-corrected chi connectivity index (χ2v) is 4.78. The Kier molecular flexibility index (Phi) is 3.02. The SMILES string of the molecule is Cc1ccc2nccc(-c3cccc(CN)c3)c2c1. The third-order valence-electron chi connectivity index (χ3n) is 3.37. The summed E-state index contributed by atoms with van der Waals surface area (Å²) in [6, 6.07) is 16.8. The van der Waals surface area contributed by atoms with E-state index >= 15 is 0 Å². The van der Waals surface area contributed by atoms with Crippen LogP contribution < -0.4 is 5.73 Å². The lowest BCUT2D eigenvalue weighted by Crippen LogP contribution is -1.96. The zero-order chi connectivity index (χ0) is 13.2. The van der Waals surface area contributed by atoms with Gasteiger partial charge in [-0.2, -0.15) is 0 Å². The fourth-order valence-corrected chi connectivity index (χ4v) is 2.38. The molecule has 94 valence electrons. The molecule has 0 atom stereocenters. The topological polar surface area (TPSA) is 38.9 Å². The third-order valence-corrected chi connectivity index (χ3v) is 3.37. The average Bonchev–Trinajstić information content (AvgIpc) is 2.46. The van der Waals surface area contributed by atoms with Gasteiger partial charge in [-0.3, -0.25) is 4.98 Å². The van der Waals surface area contributed by atoms with Crippen LogP contribution >= 0.6 is 0 Å². The first-order valence-electron chi connectivity index (χ1n) is 6.43.